The Bertz CT molecular complexity index is 500. The molecule has 80 valence electrons. The third kappa shape index (κ3) is 2.80. The number of rotatable bonds is 2. The smallest absolute Gasteiger partial charge is 0.0659 e. The molecule has 2 aromatic carbocycles. The van der Waals surface area contributed by atoms with Gasteiger partial charge in [-0.2, -0.15) is 0 Å². The lowest BCUT2D eigenvalue weighted by Crippen LogP contribution is -1.80. The monoisotopic (exact) mass is 273 g/mol. The Kier molecular flexibility index (Phi) is 3.52. The van der Waals surface area contributed by atoms with E-state index in [9.17, 15) is 0 Å². The number of nitrogens with zero attached hydrogens (tertiary/aromatic N) is 1. The van der Waals surface area contributed by atoms with Crippen LogP contribution < -0.4 is 0 Å². The zero-order valence-electron chi connectivity index (χ0n) is 9.02. The summed E-state index contributed by atoms with van der Waals surface area (Å²) in [5.74, 6) is 0. The Balaban J connectivity index is 2.21. The quantitative estimate of drug-likeness (QED) is 0.714. The van der Waals surface area contributed by atoms with Crippen LogP contribution in [0.4, 0.5) is 5.69 Å². The van der Waals surface area contributed by atoms with E-state index >= 15 is 0 Å². The molecule has 0 saturated heterocycles. The molecule has 0 aliphatic rings. The molecule has 0 bridgehead atoms. The van der Waals surface area contributed by atoms with E-state index in [0.717, 1.165) is 15.7 Å². The third-order valence-corrected chi connectivity index (χ3v) is 2.87. The molecule has 1 nitrogen and oxygen atoms in total. The lowest BCUT2D eigenvalue weighted by Gasteiger charge is -1.98. The number of benzene rings is 2. The van der Waals surface area contributed by atoms with E-state index in [4.69, 9.17) is 0 Å². The topological polar surface area (TPSA) is 12.4 Å². The van der Waals surface area contributed by atoms with Crippen molar-refractivity contribution < 1.29 is 0 Å². The molecule has 0 N–H and O–H groups in total. The van der Waals surface area contributed by atoms with Gasteiger partial charge in [-0.25, -0.2) is 0 Å². The fourth-order valence-electron chi connectivity index (χ4n) is 1.40. The Morgan fingerprint density at radius 3 is 2.38 bits per heavy atom. The molecule has 0 aromatic heterocycles. The van der Waals surface area contributed by atoms with E-state index < -0.39 is 0 Å². The van der Waals surface area contributed by atoms with Crippen molar-refractivity contribution in [1.29, 1.82) is 0 Å². The average molecular weight is 274 g/mol. The number of aryl methyl sites for hydroxylation is 1. The summed E-state index contributed by atoms with van der Waals surface area (Å²) < 4.78 is 1.08. The van der Waals surface area contributed by atoms with Gasteiger partial charge in [0.2, 0.25) is 0 Å². The molecule has 0 saturated carbocycles. The van der Waals surface area contributed by atoms with Crippen LogP contribution in [0.3, 0.4) is 0 Å². The van der Waals surface area contributed by atoms with Crippen molar-refractivity contribution in [2.75, 3.05) is 0 Å². The number of hydrogen-bond donors (Lipinski definition) is 0. The van der Waals surface area contributed by atoms with Crippen LogP contribution in [0.5, 0.6) is 0 Å². The first-order valence-electron chi connectivity index (χ1n) is 5.11. The Labute approximate surface area is 104 Å². The van der Waals surface area contributed by atoms with Crippen LogP contribution in [0.25, 0.3) is 0 Å². The number of aliphatic imine (C=N–C) groups is 1. The lowest BCUT2D eigenvalue weighted by molar-refractivity contribution is 1.40. The predicted octanol–water partition coefficient (Wildman–Crippen LogP) is 4.51. The Hall–Kier alpha value is -1.41. The van der Waals surface area contributed by atoms with Gasteiger partial charge in [0, 0.05) is 10.7 Å². The first-order chi connectivity index (χ1) is 7.75. The maximum atomic E-state index is 4.47. The van der Waals surface area contributed by atoms with Gasteiger partial charge in [-0.1, -0.05) is 46.3 Å². The van der Waals surface area contributed by atoms with E-state index in [1.807, 2.05) is 48.7 Å². The van der Waals surface area contributed by atoms with E-state index in [1.165, 1.54) is 5.56 Å². The molecule has 0 radical (unpaired) electrons. The van der Waals surface area contributed by atoms with Crippen LogP contribution in [0.2, 0.25) is 0 Å². The normalized spacial score (nSPS) is 10.9. The third-order valence-electron chi connectivity index (χ3n) is 2.34. The molecular weight excluding hydrogens is 262 g/mol. The number of hydrogen-bond acceptors (Lipinski definition) is 1. The van der Waals surface area contributed by atoms with E-state index in [0.29, 0.717) is 0 Å². The van der Waals surface area contributed by atoms with Gasteiger partial charge in [-0.3, -0.25) is 4.99 Å². The van der Waals surface area contributed by atoms with Crippen LogP contribution in [-0.4, -0.2) is 6.21 Å². The van der Waals surface area contributed by atoms with Gasteiger partial charge in [0.1, 0.15) is 0 Å². The van der Waals surface area contributed by atoms with Crippen LogP contribution in [-0.2, 0) is 0 Å². The summed E-state index contributed by atoms with van der Waals surface area (Å²) in [6, 6.07) is 16.2. The standard InChI is InChI=1S/C14H12BrN/c1-11-4-2-3-5-14(11)16-10-12-6-8-13(15)9-7-12/h2-10H,1H3/b16-10+. The van der Waals surface area contributed by atoms with Gasteiger partial charge in [0.05, 0.1) is 5.69 Å². The number of halogens is 1. The number of para-hydroxylation sites is 1. The Morgan fingerprint density at radius 2 is 1.69 bits per heavy atom. The highest BCUT2D eigenvalue weighted by Gasteiger charge is 1.92. The van der Waals surface area contributed by atoms with Crippen LogP contribution in [0.1, 0.15) is 11.1 Å². The molecule has 2 aromatic rings. The summed E-state index contributed by atoms with van der Waals surface area (Å²) >= 11 is 3.41. The molecule has 0 fully saturated rings. The molecule has 0 aliphatic carbocycles. The summed E-state index contributed by atoms with van der Waals surface area (Å²) in [5, 5.41) is 0. The van der Waals surface area contributed by atoms with Gasteiger partial charge in [-0.05, 0) is 36.2 Å². The molecule has 0 heterocycles. The fourth-order valence-corrected chi connectivity index (χ4v) is 1.67. The lowest BCUT2D eigenvalue weighted by atomic mass is 10.2. The minimum Gasteiger partial charge on any atom is -0.256 e. The van der Waals surface area contributed by atoms with Crippen molar-refractivity contribution in [3.63, 3.8) is 0 Å². The van der Waals surface area contributed by atoms with E-state index in [-0.39, 0.29) is 0 Å². The second-order valence-electron chi connectivity index (χ2n) is 3.60. The minimum atomic E-state index is 1.02. The molecule has 16 heavy (non-hydrogen) atoms. The highest BCUT2D eigenvalue weighted by atomic mass is 79.9. The van der Waals surface area contributed by atoms with Crippen LogP contribution >= 0.6 is 15.9 Å². The van der Waals surface area contributed by atoms with Crippen molar-refractivity contribution >= 4 is 27.8 Å². The van der Waals surface area contributed by atoms with Gasteiger partial charge in [-0.15, -0.1) is 0 Å². The first kappa shape index (κ1) is 11.1. The average Bonchev–Trinajstić information content (AvgIpc) is 2.30. The molecule has 0 amide bonds. The zero-order chi connectivity index (χ0) is 11.4. The molecule has 0 atom stereocenters. The minimum absolute atomic E-state index is 1.02. The summed E-state index contributed by atoms with van der Waals surface area (Å²) in [6.07, 6.45) is 1.88. The van der Waals surface area contributed by atoms with Gasteiger partial charge in [0.25, 0.3) is 0 Å². The maximum Gasteiger partial charge on any atom is 0.0659 e. The molecule has 0 aliphatic heterocycles. The molecule has 2 heteroatoms. The van der Waals surface area contributed by atoms with Crippen molar-refractivity contribution in [2.24, 2.45) is 4.99 Å². The Morgan fingerprint density at radius 1 is 1.00 bits per heavy atom. The zero-order valence-corrected chi connectivity index (χ0v) is 10.6. The highest BCUT2D eigenvalue weighted by molar-refractivity contribution is 9.10. The van der Waals surface area contributed by atoms with Crippen molar-refractivity contribution in [2.45, 2.75) is 6.92 Å². The molecule has 2 rings (SSSR count). The van der Waals surface area contributed by atoms with E-state index in [2.05, 4.69) is 33.9 Å². The molecule has 0 unspecified atom stereocenters. The van der Waals surface area contributed by atoms with Crippen molar-refractivity contribution in [3.05, 3.63) is 64.1 Å². The second kappa shape index (κ2) is 5.08. The molecule has 0 spiro atoms. The predicted molar refractivity (Wildman–Crippen MR) is 72.6 cm³/mol. The summed E-state index contributed by atoms with van der Waals surface area (Å²) in [7, 11) is 0. The first-order valence-corrected chi connectivity index (χ1v) is 5.90. The summed E-state index contributed by atoms with van der Waals surface area (Å²) in [4.78, 5) is 4.47. The van der Waals surface area contributed by atoms with Crippen LogP contribution in [0.15, 0.2) is 58.0 Å². The maximum absolute atomic E-state index is 4.47. The highest BCUT2D eigenvalue weighted by Crippen LogP contribution is 2.17. The van der Waals surface area contributed by atoms with Crippen LogP contribution in [0, 0.1) is 6.92 Å². The SMILES string of the molecule is Cc1ccccc1/N=C/c1ccc(Br)cc1. The van der Waals surface area contributed by atoms with Gasteiger partial charge >= 0.3 is 0 Å². The van der Waals surface area contributed by atoms with Crippen molar-refractivity contribution in [1.82, 2.24) is 0 Å². The fraction of sp³-hybridized carbons (Fsp3) is 0.0714. The summed E-state index contributed by atoms with van der Waals surface area (Å²) in [5.41, 5.74) is 3.31. The van der Waals surface area contributed by atoms with Gasteiger partial charge < -0.3 is 0 Å². The van der Waals surface area contributed by atoms with Gasteiger partial charge in [0.15, 0.2) is 0 Å². The van der Waals surface area contributed by atoms with E-state index in [1.54, 1.807) is 0 Å². The van der Waals surface area contributed by atoms with Crippen molar-refractivity contribution in [3.8, 4) is 0 Å². The molecular formula is C14H12BrN. The second-order valence-corrected chi connectivity index (χ2v) is 4.51. The summed E-state index contributed by atoms with van der Waals surface area (Å²) in [6.45, 7) is 2.06. The largest absolute Gasteiger partial charge is 0.256 e.